The van der Waals surface area contributed by atoms with Crippen molar-refractivity contribution in [2.24, 2.45) is 0 Å². The summed E-state index contributed by atoms with van der Waals surface area (Å²) >= 11 is 5.86. The number of anilines is 1. The van der Waals surface area contributed by atoms with Crippen molar-refractivity contribution in [1.29, 1.82) is 0 Å². The molecule has 0 saturated heterocycles. The maximum Gasteiger partial charge on any atom is 0.418 e. The van der Waals surface area contributed by atoms with Crippen LogP contribution in [0.4, 0.5) is 28.0 Å². The summed E-state index contributed by atoms with van der Waals surface area (Å²) in [6.45, 7) is 0. The minimum absolute atomic E-state index is 0.000497. The number of urea groups is 1. The molecule has 29 heavy (non-hydrogen) atoms. The highest BCUT2D eigenvalue weighted by Gasteiger charge is 2.37. The molecular weight excluding hydrogens is 412 g/mol. The highest BCUT2D eigenvalue weighted by molar-refractivity contribution is 6.30. The van der Waals surface area contributed by atoms with E-state index in [0.29, 0.717) is 5.69 Å². The molecule has 0 aliphatic heterocycles. The van der Waals surface area contributed by atoms with Gasteiger partial charge in [0.05, 0.1) is 29.2 Å². The number of pyridine rings is 2. The molecule has 0 aliphatic rings. The van der Waals surface area contributed by atoms with Crippen molar-refractivity contribution in [2.45, 2.75) is 12.2 Å². The number of hydrogen-bond donors (Lipinski definition) is 2. The number of rotatable bonds is 4. The maximum atomic E-state index is 13.9. The number of benzene rings is 1. The van der Waals surface area contributed by atoms with Gasteiger partial charge in [0.15, 0.2) is 0 Å². The first-order chi connectivity index (χ1) is 13.7. The summed E-state index contributed by atoms with van der Waals surface area (Å²) in [5, 5.41) is 4.81. The van der Waals surface area contributed by atoms with Crippen LogP contribution in [0.3, 0.4) is 0 Å². The average molecular weight is 425 g/mol. The molecule has 1 unspecified atom stereocenters. The molecule has 0 spiro atoms. The largest absolute Gasteiger partial charge is 0.418 e. The number of carbonyl (C=O) groups excluding carboxylic acids is 1. The third kappa shape index (κ3) is 5.20. The molecule has 2 N–H and O–H groups in total. The van der Waals surface area contributed by atoms with Crippen LogP contribution in [0.15, 0.2) is 61.1 Å². The lowest BCUT2D eigenvalue weighted by molar-refractivity contribution is -0.138. The van der Waals surface area contributed by atoms with Crippen molar-refractivity contribution in [3.05, 3.63) is 88.7 Å². The van der Waals surface area contributed by atoms with Gasteiger partial charge in [-0.2, -0.15) is 13.2 Å². The average Bonchev–Trinajstić information content (AvgIpc) is 2.65. The first-order valence-electron chi connectivity index (χ1n) is 8.19. The van der Waals surface area contributed by atoms with Crippen molar-refractivity contribution < 1.29 is 22.4 Å². The zero-order valence-corrected chi connectivity index (χ0v) is 15.3. The van der Waals surface area contributed by atoms with E-state index >= 15 is 0 Å². The van der Waals surface area contributed by atoms with Crippen LogP contribution in [0.2, 0.25) is 5.02 Å². The zero-order valence-electron chi connectivity index (χ0n) is 14.5. The van der Waals surface area contributed by atoms with E-state index in [1.54, 1.807) is 12.1 Å². The van der Waals surface area contributed by atoms with Crippen LogP contribution < -0.4 is 10.6 Å². The molecule has 0 fully saturated rings. The number of nitrogens with one attached hydrogen (secondary N) is 2. The standard InChI is InChI=1S/C19H13ClF4N4O/c20-12-7-11(8-13(21)9-12)16(17-15(19(22,23)24)4-2-6-26-17)28-18(29)27-14-3-1-5-25-10-14/h1-10,16H,(H2,27,28,29). The number of halogens is 5. The second-order valence-corrected chi connectivity index (χ2v) is 6.35. The molecule has 0 bridgehead atoms. The topological polar surface area (TPSA) is 66.9 Å². The Morgan fingerprint density at radius 2 is 1.86 bits per heavy atom. The summed E-state index contributed by atoms with van der Waals surface area (Å²) in [5.74, 6) is -0.767. The fraction of sp³-hybridized carbons (Fsp3) is 0.105. The van der Waals surface area contributed by atoms with Gasteiger partial charge in [-0.1, -0.05) is 11.6 Å². The minimum Gasteiger partial charge on any atom is -0.325 e. The second-order valence-electron chi connectivity index (χ2n) is 5.91. The van der Waals surface area contributed by atoms with Crippen LogP contribution in [-0.2, 0) is 6.18 Å². The van der Waals surface area contributed by atoms with E-state index in [9.17, 15) is 22.4 Å². The number of carbonyl (C=O) groups is 1. The number of alkyl halides is 3. The third-order valence-corrected chi connectivity index (χ3v) is 4.05. The summed E-state index contributed by atoms with van der Waals surface area (Å²) in [6, 6.07) is 6.06. The van der Waals surface area contributed by atoms with E-state index in [4.69, 9.17) is 11.6 Å². The quantitative estimate of drug-likeness (QED) is 0.566. The molecule has 0 saturated carbocycles. The third-order valence-electron chi connectivity index (χ3n) is 3.83. The van der Waals surface area contributed by atoms with Crippen LogP contribution in [0.5, 0.6) is 0 Å². The van der Waals surface area contributed by atoms with Gasteiger partial charge >= 0.3 is 12.2 Å². The molecule has 3 rings (SSSR count). The molecule has 2 heterocycles. The molecule has 0 aliphatic carbocycles. The molecule has 0 radical (unpaired) electrons. The van der Waals surface area contributed by atoms with E-state index in [-0.39, 0.29) is 10.6 Å². The Labute approximate surface area is 167 Å². The Bertz CT molecular complexity index is 994. The molecule has 10 heteroatoms. The van der Waals surface area contributed by atoms with E-state index in [2.05, 4.69) is 20.6 Å². The van der Waals surface area contributed by atoms with Gasteiger partial charge in [0.25, 0.3) is 0 Å². The van der Waals surface area contributed by atoms with Crippen LogP contribution in [-0.4, -0.2) is 16.0 Å². The lowest BCUT2D eigenvalue weighted by Crippen LogP contribution is -2.35. The summed E-state index contributed by atoms with van der Waals surface area (Å²) in [4.78, 5) is 20.0. The lowest BCUT2D eigenvalue weighted by atomic mass is 9.99. The summed E-state index contributed by atoms with van der Waals surface area (Å²) in [5.41, 5.74) is -1.24. The molecule has 1 atom stereocenters. The molecule has 5 nitrogen and oxygen atoms in total. The van der Waals surface area contributed by atoms with E-state index in [1.807, 2.05) is 0 Å². The Balaban J connectivity index is 2.02. The molecule has 3 aromatic rings. The fourth-order valence-electron chi connectivity index (χ4n) is 2.67. The van der Waals surface area contributed by atoms with Gasteiger partial charge in [0.2, 0.25) is 0 Å². The monoisotopic (exact) mass is 424 g/mol. The summed E-state index contributed by atoms with van der Waals surface area (Å²) in [6.07, 6.45) is -0.737. The van der Waals surface area contributed by atoms with Crippen LogP contribution in [0.1, 0.15) is 22.9 Å². The number of aromatic nitrogens is 2. The maximum absolute atomic E-state index is 13.9. The van der Waals surface area contributed by atoms with Crippen LogP contribution in [0, 0.1) is 5.82 Å². The Hall–Kier alpha value is -3.20. The van der Waals surface area contributed by atoms with Crippen molar-refractivity contribution in [3.63, 3.8) is 0 Å². The predicted octanol–water partition coefficient (Wildman–Crippen LogP) is 5.20. The SMILES string of the molecule is O=C(Nc1cccnc1)NC(c1cc(F)cc(Cl)c1)c1ncccc1C(F)(F)F. The minimum atomic E-state index is -4.74. The van der Waals surface area contributed by atoms with Crippen molar-refractivity contribution in [3.8, 4) is 0 Å². The van der Waals surface area contributed by atoms with Gasteiger partial charge in [-0.05, 0) is 48.0 Å². The van der Waals surface area contributed by atoms with Crippen LogP contribution in [0.25, 0.3) is 0 Å². The Morgan fingerprint density at radius 1 is 1.10 bits per heavy atom. The van der Waals surface area contributed by atoms with Gasteiger partial charge in [0, 0.05) is 17.4 Å². The van der Waals surface area contributed by atoms with Gasteiger partial charge in [-0.25, -0.2) is 9.18 Å². The van der Waals surface area contributed by atoms with E-state index in [0.717, 1.165) is 30.5 Å². The molecule has 2 amide bonds. The molecule has 150 valence electrons. The van der Waals surface area contributed by atoms with Gasteiger partial charge in [-0.15, -0.1) is 0 Å². The second kappa shape index (κ2) is 8.44. The van der Waals surface area contributed by atoms with Gasteiger partial charge < -0.3 is 10.6 Å². The molecule has 2 aromatic heterocycles. The van der Waals surface area contributed by atoms with E-state index in [1.165, 1.54) is 18.5 Å². The first-order valence-corrected chi connectivity index (χ1v) is 8.57. The predicted molar refractivity (Wildman–Crippen MR) is 98.9 cm³/mol. The summed E-state index contributed by atoms with van der Waals surface area (Å²) < 4.78 is 54.3. The highest BCUT2D eigenvalue weighted by Crippen LogP contribution is 2.36. The van der Waals surface area contributed by atoms with E-state index < -0.39 is 35.3 Å². The number of amides is 2. The zero-order chi connectivity index (χ0) is 21.0. The number of nitrogens with zero attached hydrogens (tertiary/aromatic N) is 2. The Morgan fingerprint density at radius 3 is 2.52 bits per heavy atom. The number of hydrogen-bond acceptors (Lipinski definition) is 3. The van der Waals surface area contributed by atoms with Crippen molar-refractivity contribution in [2.75, 3.05) is 5.32 Å². The fourth-order valence-corrected chi connectivity index (χ4v) is 2.90. The highest BCUT2D eigenvalue weighted by atomic mass is 35.5. The lowest BCUT2D eigenvalue weighted by Gasteiger charge is -2.22. The Kier molecular flexibility index (Phi) is 5.97. The first kappa shape index (κ1) is 20.5. The van der Waals surface area contributed by atoms with Gasteiger partial charge in [-0.3, -0.25) is 9.97 Å². The molecule has 1 aromatic carbocycles. The van der Waals surface area contributed by atoms with Gasteiger partial charge in [0.1, 0.15) is 5.82 Å². The van der Waals surface area contributed by atoms with Crippen LogP contribution >= 0.6 is 11.6 Å². The molecular formula is C19H13ClF4N4O. The summed E-state index contributed by atoms with van der Waals surface area (Å²) in [7, 11) is 0. The smallest absolute Gasteiger partial charge is 0.325 e. The van der Waals surface area contributed by atoms with Crippen molar-refractivity contribution >= 4 is 23.3 Å². The van der Waals surface area contributed by atoms with Crippen molar-refractivity contribution in [1.82, 2.24) is 15.3 Å². The normalized spacial score (nSPS) is 12.3.